The SMILES string of the molecule is CC(C)(NC(=O)c1ccc2cccc(OC(Br)c3cccnc3)c2c1Cl)C(=O)O. The average Bonchev–Trinajstić information content (AvgIpc) is 2.68. The summed E-state index contributed by atoms with van der Waals surface area (Å²) in [6, 6.07) is 12.4. The van der Waals surface area contributed by atoms with Gasteiger partial charge in [-0.25, -0.2) is 4.79 Å². The van der Waals surface area contributed by atoms with Crippen LogP contribution in [0.4, 0.5) is 0 Å². The minimum atomic E-state index is -1.44. The number of halogens is 2. The Morgan fingerprint density at radius 1 is 1.21 bits per heavy atom. The van der Waals surface area contributed by atoms with Crippen molar-refractivity contribution in [3.63, 3.8) is 0 Å². The molecule has 1 heterocycles. The zero-order chi connectivity index (χ0) is 21.2. The number of alkyl halides is 1. The first-order chi connectivity index (χ1) is 13.7. The van der Waals surface area contributed by atoms with Crippen molar-refractivity contribution in [1.29, 1.82) is 0 Å². The molecule has 0 aliphatic carbocycles. The fourth-order valence-corrected chi connectivity index (χ4v) is 3.49. The van der Waals surface area contributed by atoms with E-state index in [1.165, 1.54) is 13.8 Å². The molecular formula is C21H18BrClN2O4. The maximum Gasteiger partial charge on any atom is 0.328 e. The number of carbonyl (C=O) groups is 2. The molecule has 1 amide bonds. The molecule has 0 fully saturated rings. The summed E-state index contributed by atoms with van der Waals surface area (Å²) >= 11 is 10.0. The molecule has 0 bridgehead atoms. The number of aliphatic carboxylic acids is 1. The van der Waals surface area contributed by atoms with Crippen molar-refractivity contribution in [2.24, 2.45) is 0 Å². The Kier molecular flexibility index (Phi) is 6.10. The molecule has 1 atom stereocenters. The molecule has 0 aliphatic heterocycles. The van der Waals surface area contributed by atoms with E-state index in [4.69, 9.17) is 16.3 Å². The van der Waals surface area contributed by atoms with Gasteiger partial charge in [-0.05, 0) is 53.4 Å². The Morgan fingerprint density at radius 3 is 2.62 bits per heavy atom. The fraction of sp³-hybridized carbons (Fsp3) is 0.190. The molecule has 0 aliphatic rings. The number of hydrogen-bond acceptors (Lipinski definition) is 4. The van der Waals surface area contributed by atoms with Crippen LogP contribution in [0.1, 0.15) is 34.8 Å². The van der Waals surface area contributed by atoms with Gasteiger partial charge >= 0.3 is 5.97 Å². The zero-order valence-electron chi connectivity index (χ0n) is 15.6. The van der Waals surface area contributed by atoms with E-state index in [0.717, 1.165) is 10.9 Å². The number of carboxylic acids is 1. The van der Waals surface area contributed by atoms with Gasteiger partial charge in [-0.2, -0.15) is 0 Å². The molecule has 0 spiro atoms. The molecule has 3 aromatic rings. The lowest BCUT2D eigenvalue weighted by molar-refractivity contribution is -0.143. The summed E-state index contributed by atoms with van der Waals surface area (Å²) in [5, 5.41) is 12.8. The summed E-state index contributed by atoms with van der Waals surface area (Å²) in [5.41, 5.74) is -0.457. The average molecular weight is 478 g/mol. The van der Waals surface area contributed by atoms with Crippen LogP contribution in [0.5, 0.6) is 5.75 Å². The number of rotatable bonds is 6. The number of aromatic nitrogens is 1. The molecule has 1 aromatic heterocycles. The molecular weight excluding hydrogens is 460 g/mol. The van der Waals surface area contributed by atoms with Gasteiger partial charge in [0.25, 0.3) is 5.91 Å². The number of pyridine rings is 1. The van der Waals surface area contributed by atoms with Gasteiger partial charge in [0.05, 0.1) is 10.6 Å². The molecule has 3 rings (SSSR count). The highest BCUT2D eigenvalue weighted by atomic mass is 79.9. The zero-order valence-corrected chi connectivity index (χ0v) is 18.0. The Morgan fingerprint density at radius 2 is 1.97 bits per heavy atom. The van der Waals surface area contributed by atoms with Crippen molar-refractivity contribution in [2.45, 2.75) is 24.4 Å². The van der Waals surface area contributed by atoms with E-state index >= 15 is 0 Å². The Balaban J connectivity index is 2.00. The molecule has 8 heteroatoms. The molecule has 2 aromatic carbocycles. The quantitative estimate of drug-likeness (QED) is 0.490. The highest BCUT2D eigenvalue weighted by molar-refractivity contribution is 9.09. The monoisotopic (exact) mass is 476 g/mol. The second-order valence-electron chi connectivity index (χ2n) is 6.89. The van der Waals surface area contributed by atoms with E-state index in [2.05, 4.69) is 26.2 Å². The van der Waals surface area contributed by atoms with Gasteiger partial charge < -0.3 is 15.2 Å². The van der Waals surface area contributed by atoms with Gasteiger partial charge in [-0.3, -0.25) is 9.78 Å². The third-order valence-electron chi connectivity index (χ3n) is 4.33. The lowest BCUT2D eigenvalue weighted by atomic mass is 10.0. The van der Waals surface area contributed by atoms with Crippen LogP contribution < -0.4 is 10.1 Å². The number of carbonyl (C=O) groups excluding carboxylic acids is 1. The Labute approximate surface area is 181 Å². The van der Waals surface area contributed by atoms with Crippen LogP contribution in [0.3, 0.4) is 0 Å². The summed E-state index contributed by atoms with van der Waals surface area (Å²) < 4.78 is 6.03. The number of nitrogens with one attached hydrogen (secondary N) is 1. The number of benzene rings is 2. The van der Waals surface area contributed by atoms with Crippen LogP contribution >= 0.6 is 27.5 Å². The van der Waals surface area contributed by atoms with Gasteiger partial charge in [-0.15, -0.1) is 0 Å². The van der Waals surface area contributed by atoms with Crippen LogP contribution in [-0.2, 0) is 4.79 Å². The predicted octanol–water partition coefficient (Wildman–Crippen LogP) is 4.95. The van der Waals surface area contributed by atoms with Gasteiger partial charge in [-0.1, -0.05) is 35.9 Å². The maximum atomic E-state index is 12.7. The molecule has 150 valence electrons. The number of carboxylic acid groups (broad SMARTS) is 1. The molecule has 0 saturated heterocycles. The number of amides is 1. The topological polar surface area (TPSA) is 88.5 Å². The van der Waals surface area contributed by atoms with Gasteiger partial charge in [0.15, 0.2) is 5.01 Å². The first-order valence-electron chi connectivity index (χ1n) is 8.68. The summed E-state index contributed by atoms with van der Waals surface area (Å²) in [6.07, 6.45) is 3.35. The van der Waals surface area contributed by atoms with Crippen LogP contribution in [0.25, 0.3) is 10.8 Å². The fourth-order valence-electron chi connectivity index (χ4n) is 2.67. The third kappa shape index (κ3) is 4.52. The van der Waals surface area contributed by atoms with Crippen molar-refractivity contribution in [3.05, 3.63) is 71.0 Å². The van der Waals surface area contributed by atoms with Gasteiger partial charge in [0.1, 0.15) is 11.3 Å². The minimum Gasteiger partial charge on any atom is -0.480 e. The van der Waals surface area contributed by atoms with Gasteiger partial charge in [0, 0.05) is 23.3 Å². The summed E-state index contributed by atoms with van der Waals surface area (Å²) in [5.74, 6) is -1.25. The second-order valence-corrected chi connectivity index (χ2v) is 8.10. The molecule has 6 nitrogen and oxygen atoms in total. The number of fused-ring (bicyclic) bond motifs is 1. The van der Waals surface area contributed by atoms with E-state index in [9.17, 15) is 14.7 Å². The number of nitrogens with zero attached hydrogens (tertiary/aromatic N) is 1. The predicted molar refractivity (Wildman–Crippen MR) is 115 cm³/mol. The third-order valence-corrected chi connectivity index (χ3v) is 5.43. The van der Waals surface area contributed by atoms with E-state index in [0.29, 0.717) is 11.1 Å². The molecule has 2 N–H and O–H groups in total. The molecule has 0 radical (unpaired) electrons. The standard InChI is InChI=1S/C21H18BrClN2O4/c1-21(2,20(27)28)25-19(26)14-9-8-12-5-3-7-15(16(12)17(14)23)29-18(22)13-6-4-10-24-11-13/h3-11,18H,1-2H3,(H,25,26)(H,27,28). The lowest BCUT2D eigenvalue weighted by Crippen LogP contribution is -2.49. The van der Waals surface area contributed by atoms with Crippen LogP contribution in [0.15, 0.2) is 54.9 Å². The Bertz CT molecular complexity index is 1070. The summed E-state index contributed by atoms with van der Waals surface area (Å²) in [4.78, 5) is 28.1. The second kappa shape index (κ2) is 8.39. The van der Waals surface area contributed by atoms with Crippen LogP contribution in [0, 0.1) is 0 Å². The maximum absolute atomic E-state index is 12.7. The Hall–Kier alpha value is -2.64. The highest BCUT2D eigenvalue weighted by Gasteiger charge is 2.30. The van der Waals surface area contributed by atoms with Crippen molar-refractivity contribution >= 4 is 50.2 Å². The highest BCUT2D eigenvalue weighted by Crippen LogP contribution is 2.38. The largest absolute Gasteiger partial charge is 0.480 e. The minimum absolute atomic E-state index is 0.164. The van der Waals surface area contributed by atoms with E-state index in [-0.39, 0.29) is 10.6 Å². The van der Waals surface area contributed by atoms with Gasteiger partial charge in [0.2, 0.25) is 0 Å². The van der Waals surface area contributed by atoms with Crippen molar-refractivity contribution in [3.8, 4) is 5.75 Å². The van der Waals surface area contributed by atoms with Crippen molar-refractivity contribution in [2.75, 3.05) is 0 Å². The van der Waals surface area contributed by atoms with E-state index in [1.807, 2.05) is 18.2 Å². The smallest absolute Gasteiger partial charge is 0.328 e. The molecule has 29 heavy (non-hydrogen) atoms. The van der Waals surface area contributed by atoms with Crippen molar-refractivity contribution in [1.82, 2.24) is 10.3 Å². The first-order valence-corrected chi connectivity index (χ1v) is 9.98. The summed E-state index contributed by atoms with van der Waals surface area (Å²) in [7, 11) is 0. The van der Waals surface area contributed by atoms with Crippen molar-refractivity contribution < 1.29 is 19.4 Å². The van der Waals surface area contributed by atoms with E-state index in [1.54, 1.807) is 36.7 Å². The van der Waals surface area contributed by atoms with E-state index < -0.39 is 22.4 Å². The van der Waals surface area contributed by atoms with Crippen LogP contribution in [-0.4, -0.2) is 27.5 Å². The number of ether oxygens (including phenoxy) is 1. The first kappa shape index (κ1) is 21.1. The normalized spacial score (nSPS) is 12.4. The molecule has 0 saturated carbocycles. The summed E-state index contributed by atoms with van der Waals surface area (Å²) in [6.45, 7) is 2.81. The lowest BCUT2D eigenvalue weighted by Gasteiger charge is -2.22. The molecule has 1 unspecified atom stereocenters. The number of hydrogen-bond donors (Lipinski definition) is 2. The van der Waals surface area contributed by atoms with Crippen LogP contribution in [0.2, 0.25) is 5.02 Å².